The molecule has 0 aromatic carbocycles. The van der Waals surface area contributed by atoms with Gasteiger partial charge >= 0.3 is 0 Å². The molecule has 0 bridgehead atoms. The van der Waals surface area contributed by atoms with Gasteiger partial charge in [0, 0.05) is 19.5 Å². The van der Waals surface area contributed by atoms with Gasteiger partial charge in [0.1, 0.15) is 5.76 Å². The number of carbonyl (C=O) groups is 1. The zero-order valence-corrected chi connectivity index (χ0v) is 13.4. The van der Waals surface area contributed by atoms with Crippen molar-refractivity contribution >= 4 is 18.3 Å². The summed E-state index contributed by atoms with van der Waals surface area (Å²) >= 11 is 0. The van der Waals surface area contributed by atoms with Crippen LogP contribution in [0.3, 0.4) is 0 Å². The maximum Gasteiger partial charge on any atom is 0.289 e. The van der Waals surface area contributed by atoms with Crippen molar-refractivity contribution < 1.29 is 9.21 Å². The average molecular weight is 301 g/mol. The number of likely N-dealkylation sites (tertiary alicyclic amines) is 1. The molecule has 0 aliphatic carbocycles. The van der Waals surface area contributed by atoms with Crippen LogP contribution in [0.25, 0.3) is 0 Å². The molecule has 114 valence electrons. The molecule has 0 radical (unpaired) electrons. The van der Waals surface area contributed by atoms with Crippen molar-refractivity contribution in [2.45, 2.75) is 33.1 Å². The zero-order valence-electron chi connectivity index (χ0n) is 12.6. The molecule has 1 N–H and O–H groups in total. The van der Waals surface area contributed by atoms with E-state index >= 15 is 0 Å². The van der Waals surface area contributed by atoms with Crippen molar-refractivity contribution in [1.82, 2.24) is 10.2 Å². The number of amides is 1. The molecular weight excluding hydrogens is 276 g/mol. The summed E-state index contributed by atoms with van der Waals surface area (Å²) in [5.41, 5.74) is 1.08. The van der Waals surface area contributed by atoms with Crippen LogP contribution in [-0.4, -0.2) is 37.5 Å². The fraction of sp³-hybridized carbons (Fsp3) is 0.667. The molecule has 5 heteroatoms. The molecule has 1 aromatic heterocycles. The van der Waals surface area contributed by atoms with Crippen LogP contribution in [0.2, 0.25) is 0 Å². The van der Waals surface area contributed by atoms with Crippen LogP contribution >= 0.6 is 12.4 Å². The number of rotatable bonds is 4. The van der Waals surface area contributed by atoms with Crippen LogP contribution in [0.4, 0.5) is 0 Å². The number of hydrogen-bond acceptors (Lipinski definition) is 3. The van der Waals surface area contributed by atoms with Crippen molar-refractivity contribution in [3.63, 3.8) is 0 Å². The average Bonchev–Trinajstić information content (AvgIpc) is 2.80. The van der Waals surface area contributed by atoms with Gasteiger partial charge < -0.3 is 14.6 Å². The number of furan rings is 1. The van der Waals surface area contributed by atoms with Crippen molar-refractivity contribution in [3.8, 4) is 0 Å². The Bertz CT molecular complexity index is 437. The molecule has 1 amide bonds. The maximum absolute atomic E-state index is 12.4. The molecule has 20 heavy (non-hydrogen) atoms. The highest BCUT2D eigenvalue weighted by atomic mass is 35.5. The summed E-state index contributed by atoms with van der Waals surface area (Å²) in [5, 5.41) is 3.21. The quantitative estimate of drug-likeness (QED) is 0.930. The Balaban J connectivity index is 0.00000200. The number of hydrogen-bond donors (Lipinski definition) is 1. The summed E-state index contributed by atoms with van der Waals surface area (Å²) in [7, 11) is 1.98. The van der Waals surface area contributed by atoms with Gasteiger partial charge in [-0.3, -0.25) is 4.79 Å². The SMILES string of the molecule is CCc1oc(C(=O)N2CCC(CNC)CC2)cc1C.Cl. The van der Waals surface area contributed by atoms with E-state index in [9.17, 15) is 4.79 Å². The number of nitrogens with zero attached hydrogens (tertiary/aromatic N) is 1. The van der Waals surface area contributed by atoms with Crippen molar-refractivity contribution in [3.05, 3.63) is 23.2 Å². The lowest BCUT2D eigenvalue weighted by molar-refractivity contribution is 0.0657. The smallest absolute Gasteiger partial charge is 0.289 e. The van der Waals surface area contributed by atoms with E-state index in [4.69, 9.17) is 4.42 Å². The monoisotopic (exact) mass is 300 g/mol. The number of aryl methyl sites for hydroxylation is 2. The standard InChI is InChI=1S/C15H24N2O2.ClH/c1-4-13-11(2)9-14(19-13)15(18)17-7-5-12(6-8-17)10-16-3;/h9,12,16H,4-8,10H2,1-3H3;1H. The Morgan fingerprint density at radius 3 is 2.60 bits per heavy atom. The molecule has 0 saturated carbocycles. The number of piperidine rings is 1. The minimum absolute atomic E-state index is 0. The Morgan fingerprint density at radius 1 is 1.45 bits per heavy atom. The molecule has 1 aliphatic heterocycles. The van der Waals surface area contributed by atoms with Gasteiger partial charge in [-0.25, -0.2) is 0 Å². The summed E-state index contributed by atoms with van der Waals surface area (Å²) < 4.78 is 5.65. The molecule has 1 saturated heterocycles. The predicted octanol–water partition coefficient (Wildman–Crippen LogP) is 2.64. The molecule has 1 aliphatic rings. The van der Waals surface area contributed by atoms with E-state index < -0.39 is 0 Å². The second kappa shape index (κ2) is 7.70. The predicted molar refractivity (Wildman–Crippen MR) is 82.6 cm³/mol. The van der Waals surface area contributed by atoms with Crippen LogP contribution in [-0.2, 0) is 6.42 Å². The highest BCUT2D eigenvalue weighted by molar-refractivity contribution is 5.91. The summed E-state index contributed by atoms with van der Waals surface area (Å²) in [6.07, 6.45) is 2.99. The van der Waals surface area contributed by atoms with Crippen LogP contribution in [0.5, 0.6) is 0 Å². The largest absolute Gasteiger partial charge is 0.456 e. The number of nitrogens with one attached hydrogen (secondary N) is 1. The van der Waals surface area contributed by atoms with Gasteiger partial charge in [0.15, 0.2) is 5.76 Å². The summed E-state index contributed by atoms with van der Waals surface area (Å²) in [4.78, 5) is 14.3. The second-order valence-corrected chi connectivity index (χ2v) is 5.36. The van der Waals surface area contributed by atoms with E-state index in [1.54, 1.807) is 0 Å². The summed E-state index contributed by atoms with van der Waals surface area (Å²) in [5.74, 6) is 2.17. The second-order valence-electron chi connectivity index (χ2n) is 5.36. The van der Waals surface area contributed by atoms with E-state index in [0.717, 1.165) is 50.2 Å². The lowest BCUT2D eigenvalue weighted by atomic mass is 9.97. The van der Waals surface area contributed by atoms with E-state index in [1.807, 2.05) is 31.9 Å². The van der Waals surface area contributed by atoms with Crippen molar-refractivity contribution in [2.24, 2.45) is 5.92 Å². The molecule has 2 heterocycles. The third-order valence-corrected chi connectivity index (χ3v) is 3.95. The van der Waals surface area contributed by atoms with E-state index in [2.05, 4.69) is 5.32 Å². The Hall–Kier alpha value is -1.00. The molecule has 0 spiro atoms. The van der Waals surface area contributed by atoms with E-state index in [0.29, 0.717) is 11.7 Å². The van der Waals surface area contributed by atoms with Crippen molar-refractivity contribution in [2.75, 3.05) is 26.7 Å². The number of halogens is 1. The molecule has 1 aromatic rings. The van der Waals surface area contributed by atoms with Crippen LogP contribution < -0.4 is 5.32 Å². The molecule has 4 nitrogen and oxygen atoms in total. The van der Waals surface area contributed by atoms with Crippen LogP contribution in [0.15, 0.2) is 10.5 Å². The Labute approximate surface area is 127 Å². The first-order valence-corrected chi connectivity index (χ1v) is 7.18. The van der Waals surface area contributed by atoms with Crippen molar-refractivity contribution in [1.29, 1.82) is 0 Å². The Kier molecular flexibility index (Phi) is 6.56. The van der Waals surface area contributed by atoms with Gasteiger partial charge in [-0.15, -0.1) is 12.4 Å². The minimum Gasteiger partial charge on any atom is -0.456 e. The maximum atomic E-state index is 12.4. The first-order chi connectivity index (χ1) is 9.15. The minimum atomic E-state index is 0. The topological polar surface area (TPSA) is 45.5 Å². The zero-order chi connectivity index (χ0) is 13.8. The third-order valence-electron chi connectivity index (χ3n) is 3.95. The fourth-order valence-corrected chi connectivity index (χ4v) is 2.76. The van der Waals surface area contributed by atoms with Gasteiger partial charge in [-0.05, 0) is 50.9 Å². The van der Waals surface area contributed by atoms with Gasteiger partial charge in [0.05, 0.1) is 0 Å². The molecule has 0 unspecified atom stereocenters. The van der Waals surface area contributed by atoms with Crippen LogP contribution in [0, 0.1) is 12.8 Å². The lowest BCUT2D eigenvalue weighted by Crippen LogP contribution is -2.40. The van der Waals surface area contributed by atoms with Gasteiger partial charge in [0.2, 0.25) is 0 Å². The van der Waals surface area contributed by atoms with E-state index in [-0.39, 0.29) is 18.3 Å². The Morgan fingerprint density at radius 2 is 2.10 bits per heavy atom. The number of carbonyl (C=O) groups excluding carboxylic acids is 1. The van der Waals surface area contributed by atoms with E-state index in [1.165, 1.54) is 0 Å². The van der Waals surface area contributed by atoms with Crippen LogP contribution in [0.1, 0.15) is 41.6 Å². The van der Waals surface area contributed by atoms with Gasteiger partial charge in [-0.1, -0.05) is 6.92 Å². The first kappa shape index (κ1) is 17.1. The fourth-order valence-electron chi connectivity index (χ4n) is 2.76. The molecular formula is C15H25ClN2O2. The summed E-state index contributed by atoms with van der Waals surface area (Å²) in [6, 6.07) is 1.88. The normalized spacial score (nSPS) is 16.1. The molecule has 0 atom stereocenters. The first-order valence-electron chi connectivity index (χ1n) is 7.18. The molecule has 2 rings (SSSR count). The third kappa shape index (κ3) is 3.76. The highest BCUT2D eigenvalue weighted by Crippen LogP contribution is 2.21. The van der Waals surface area contributed by atoms with Gasteiger partial charge in [0.25, 0.3) is 5.91 Å². The molecule has 1 fully saturated rings. The lowest BCUT2D eigenvalue weighted by Gasteiger charge is -2.31. The summed E-state index contributed by atoms with van der Waals surface area (Å²) in [6.45, 7) is 6.77. The van der Waals surface area contributed by atoms with Gasteiger partial charge in [-0.2, -0.15) is 0 Å². The highest BCUT2D eigenvalue weighted by Gasteiger charge is 2.25.